The number of thioether (sulfide) groups is 1. The average Bonchev–Trinajstić information content (AvgIpc) is 2.19. The Bertz CT molecular complexity index is 315. The number of esters is 1. The Morgan fingerprint density at radius 3 is 3.00 bits per heavy atom. The van der Waals surface area contributed by atoms with Crippen LogP contribution in [0.25, 0.3) is 0 Å². The Morgan fingerprint density at radius 2 is 2.43 bits per heavy atom. The monoisotopic (exact) mass is 212 g/mol. The molecule has 1 rings (SSSR count). The van der Waals surface area contributed by atoms with Crippen LogP contribution in [0.1, 0.15) is 13.8 Å². The van der Waals surface area contributed by atoms with Gasteiger partial charge in [-0.25, -0.2) is 4.79 Å². The number of allylic oxidation sites excluding steroid dienone is 1. The second-order valence-corrected chi connectivity index (χ2v) is 4.01. The standard InChI is InChI=1S/C10H12O3S/c1-3-13-10(12)9-4-8(5-11)6-14-7(9)2/h4-5H,3,6H2,1-2H3. The van der Waals surface area contributed by atoms with E-state index in [4.69, 9.17) is 4.74 Å². The molecule has 0 radical (unpaired) electrons. The van der Waals surface area contributed by atoms with E-state index in [1.807, 2.05) is 6.92 Å². The molecule has 76 valence electrons. The minimum absolute atomic E-state index is 0.350. The molecule has 0 unspecified atom stereocenters. The van der Waals surface area contributed by atoms with Gasteiger partial charge in [-0.1, -0.05) is 0 Å². The normalized spacial score (nSPS) is 16.3. The van der Waals surface area contributed by atoms with Gasteiger partial charge in [0.15, 0.2) is 0 Å². The summed E-state index contributed by atoms with van der Waals surface area (Å²) in [5.41, 5.74) is 1.13. The maximum absolute atomic E-state index is 11.4. The molecule has 0 saturated carbocycles. The molecule has 0 bridgehead atoms. The lowest BCUT2D eigenvalue weighted by atomic mass is 10.1. The third-order valence-corrected chi connectivity index (χ3v) is 2.94. The van der Waals surface area contributed by atoms with Gasteiger partial charge in [0, 0.05) is 11.3 Å². The van der Waals surface area contributed by atoms with E-state index in [1.54, 1.807) is 13.0 Å². The minimum atomic E-state index is -0.350. The SMILES string of the molecule is CCOC(=O)C1=C(C)SCC(C=O)=C1. The van der Waals surface area contributed by atoms with Gasteiger partial charge in [-0.15, -0.1) is 11.8 Å². The number of aldehydes is 1. The van der Waals surface area contributed by atoms with E-state index in [-0.39, 0.29) is 5.97 Å². The summed E-state index contributed by atoms with van der Waals surface area (Å²) >= 11 is 1.49. The van der Waals surface area contributed by atoms with Gasteiger partial charge >= 0.3 is 5.97 Å². The number of hydrogen-bond donors (Lipinski definition) is 0. The van der Waals surface area contributed by atoms with Crippen LogP contribution >= 0.6 is 11.8 Å². The third-order valence-electron chi connectivity index (χ3n) is 1.81. The van der Waals surface area contributed by atoms with Crippen LogP contribution in [0.2, 0.25) is 0 Å². The first-order valence-electron chi connectivity index (χ1n) is 4.35. The molecule has 0 aromatic carbocycles. The van der Waals surface area contributed by atoms with E-state index in [0.29, 0.717) is 23.5 Å². The van der Waals surface area contributed by atoms with E-state index in [0.717, 1.165) is 11.2 Å². The van der Waals surface area contributed by atoms with E-state index in [2.05, 4.69) is 0 Å². The molecule has 3 nitrogen and oxygen atoms in total. The van der Waals surface area contributed by atoms with Gasteiger partial charge in [-0.2, -0.15) is 0 Å². The van der Waals surface area contributed by atoms with Crippen molar-refractivity contribution >= 4 is 24.0 Å². The highest BCUT2D eigenvalue weighted by atomic mass is 32.2. The lowest BCUT2D eigenvalue weighted by molar-refractivity contribution is -0.138. The summed E-state index contributed by atoms with van der Waals surface area (Å²) in [7, 11) is 0. The molecule has 0 aromatic rings. The number of carbonyl (C=O) groups is 2. The number of rotatable bonds is 3. The molecule has 14 heavy (non-hydrogen) atoms. The highest BCUT2D eigenvalue weighted by Gasteiger charge is 2.17. The molecule has 1 aliphatic rings. The van der Waals surface area contributed by atoms with Crippen LogP contribution in [0.4, 0.5) is 0 Å². The summed E-state index contributed by atoms with van der Waals surface area (Å²) < 4.78 is 4.87. The first-order valence-corrected chi connectivity index (χ1v) is 5.34. The van der Waals surface area contributed by atoms with Crippen molar-refractivity contribution in [3.05, 3.63) is 22.1 Å². The molecule has 0 spiro atoms. The van der Waals surface area contributed by atoms with Crippen LogP contribution in [-0.2, 0) is 14.3 Å². The zero-order chi connectivity index (χ0) is 10.6. The molecule has 0 N–H and O–H groups in total. The predicted molar refractivity (Wildman–Crippen MR) is 55.9 cm³/mol. The van der Waals surface area contributed by atoms with Gasteiger partial charge in [0.25, 0.3) is 0 Å². The van der Waals surface area contributed by atoms with Crippen LogP contribution in [0.15, 0.2) is 22.1 Å². The Balaban J connectivity index is 2.89. The Kier molecular flexibility index (Phi) is 3.95. The van der Waals surface area contributed by atoms with Crippen LogP contribution < -0.4 is 0 Å². The van der Waals surface area contributed by atoms with Crippen LogP contribution in [-0.4, -0.2) is 24.6 Å². The minimum Gasteiger partial charge on any atom is -0.462 e. The summed E-state index contributed by atoms with van der Waals surface area (Å²) in [4.78, 5) is 22.9. The zero-order valence-corrected chi connectivity index (χ0v) is 9.02. The summed E-state index contributed by atoms with van der Waals surface area (Å²) in [6, 6.07) is 0. The molecule has 0 saturated heterocycles. The highest BCUT2D eigenvalue weighted by molar-refractivity contribution is 8.03. The van der Waals surface area contributed by atoms with Gasteiger partial charge in [0.1, 0.15) is 6.29 Å². The van der Waals surface area contributed by atoms with Crippen molar-refractivity contribution < 1.29 is 14.3 Å². The fourth-order valence-corrected chi connectivity index (χ4v) is 1.91. The van der Waals surface area contributed by atoms with Gasteiger partial charge in [0.05, 0.1) is 12.2 Å². The van der Waals surface area contributed by atoms with E-state index >= 15 is 0 Å². The second kappa shape index (κ2) is 5.00. The molecule has 0 fully saturated rings. The molecular formula is C10H12O3S. The molecule has 0 aromatic heterocycles. The van der Waals surface area contributed by atoms with Crippen molar-refractivity contribution in [3.8, 4) is 0 Å². The number of ether oxygens (including phenoxy) is 1. The molecule has 0 aliphatic carbocycles. The molecule has 1 heterocycles. The summed E-state index contributed by atoms with van der Waals surface area (Å²) in [6.07, 6.45) is 2.38. The highest BCUT2D eigenvalue weighted by Crippen LogP contribution is 2.28. The fourth-order valence-electron chi connectivity index (χ4n) is 1.08. The predicted octanol–water partition coefficient (Wildman–Crippen LogP) is 1.70. The van der Waals surface area contributed by atoms with Crippen molar-refractivity contribution in [1.29, 1.82) is 0 Å². The van der Waals surface area contributed by atoms with E-state index in [9.17, 15) is 9.59 Å². The quantitative estimate of drug-likeness (QED) is 0.527. The fraction of sp³-hybridized carbons (Fsp3) is 0.400. The smallest absolute Gasteiger partial charge is 0.338 e. The van der Waals surface area contributed by atoms with Crippen LogP contribution in [0.3, 0.4) is 0 Å². The lowest BCUT2D eigenvalue weighted by Gasteiger charge is -2.13. The van der Waals surface area contributed by atoms with Gasteiger partial charge in [-0.3, -0.25) is 4.79 Å². The van der Waals surface area contributed by atoms with Crippen molar-refractivity contribution in [3.63, 3.8) is 0 Å². The topological polar surface area (TPSA) is 43.4 Å². The average molecular weight is 212 g/mol. The van der Waals surface area contributed by atoms with Gasteiger partial charge < -0.3 is 4.74 Å². The van der Waals surface area contributed by atoms with Gasteiger partial charge in [0.2, 0.25) is 0 Å². The molecular weight excluding hydrogens is 200 g/mol. The summed E-state index contributed by atoms with van der Waals surface area (Å²) in [6.45, 7) is 3.97. The van der Waals surface area contributed by atoms with Gasteiger partial charge in [-0.05, 0) is 24.8 Å². The van der Waals surface area contributed by atoms with Crippen LogP contribution in [0.5, 0.6) is 0 Å². The zero-order valence-electron chi connectivity index (χ0n) is 8.20. The lowest BCUT2D eigenvalue weighted by Crippen LogP contribution is -2.11. The van der Waals surface area contributed by atoms with Crippen molar-refractivity contribution in [2.75, 3.05) is 12.4 Å². The second-order valence-electron chi connectivity index (χ2n) is 2.82. The third kappa shape index (κ3) is 2.48. The van der Waals surface area contributed by atoms with Crippen LogP contribution in [0, 0.1) is 0 Å². The van der Waals surface area contributed by atoms with Crippen molar-refractivity contribution in [2.24, 2.45) is 0 Å². The molecule has 1 aliphatic heterocycles. The Morgan fingerprint density at radius 1 is 1.71 bits per heavy atom. The van der Waals surface area contributed by atoms with Crippen molar-refractivity contribution in [1.82, 2.24) is 0 Å². The first-order chi connectivity index (χ1) is 6.69. The molecule has 4 heteroatoms. The maximum Gasteiger partial charge on any atom is 0.338 e. The summed E-state index contributed by atoms with van der Waals surface area (Å²) in [5.74, 6) is 0.287. The van der Waals surface area contributed by atoms with E-state index < -0.39 is 0 Å². The van der Waals surface area contributed by atoms with Crippen molar-refractivity contribution in [2.45, 2.75) is 13.8 Å². The van der Waals surface area contributed by atoms with E-state index in [1.165, 1.54) is 11.8 Å². The Labute approximate surface area is 87.2 Å². The molecule has 0 atom stereocenters. The maximum atomic E-state index is 11.4. The number of hydrogen-bond acceptors (Lipinski definition) is 4. The largest absolute Gasteiger partial charge is 0.462 e. The number of carbonyl (C=O) groups excluding carboxylic acids is 2. The first kappa shape index (κ1) is 11.0. The summed E-state index contributed by atoms with van der Waals surface area (Å²) in [5, 5.41) is 0. The Hall–Kier alpha value is -1.03. The molecule has 0 amide bonds.